The number of carbonyl (C=O) groups is 4. The van der Waals surface area contributed by atoms with Crippen molar-refractivity contribution in [3.8, 4) is 22.1 Å². The topological polar surface area (TPSA) is 122 Å². The normalized spacial score (nSPS) is 26.1. The zero-order valence-electron chi connectivity index (χ0n) is 30.4. The first-order chi connectivity index (χ1) is 26.3. The molecule has 2 aliphatic heterocycles. The number of phenols is 1. The van der Waals surface area contributed by atoms with Crippen LogP contribution in [0.4, 0.5) is 5.82 Å². The average Bonchev–Trinajstić information content (AvgIpc) is 3.83. The number of fused-ring (bicyclic) bond motifs is 5. The Balaban J connectivity index is 1.16. The number of ether oxygens (including phenoxy) is 1. The molecule has 3 aromatic carbocycles. The number of carbonyl (C=O) groups excluding carboxylic acids is 4. The fourth-order valence-corrected chi connectivity index (χ4v) is 11.5. The van der Waals surface area contributed by atoms with Gasteiger partial charge in [0.2, 0.25) is 23.6 Å². The molecular formula is C42H36BrClN4O6S. The minimum Gasteiger partial charge on any atom is -0.504 e. The number of hydrogen-bond donors (Lipinski definition) is 1. The highest BCUT2D eigenvalue weighted by molar-refractivity contribution is 9.10. The SMILES string of the molecule is COc1cc(Br)cc([C@H]2C3=CC[C@@H]4C(=O)N(Cc5ccccc5)C(=O)[C@@H]4[C@@H]3C[C@H]3C(=O)N(c4cc(-c5sc6ccc(Cl)cc6c5C)nn4C)C(=O)[C@@]23C)c1O. The molecule has 2 aliphatic carbocycles. The van der Waals surface area contributed by atoms with Gasteiger partial charge >= 0.3 is 0 Å². The van der Waals surface area contributed by atoms with Gasteiger partial charge in [-0.2, -0.15) is 5.10 Å². The Bertz CT molecular complexity index is 2530. The Kier molecular flexibility index (Phi) is 8.41. The van der Waals surface area contributed by atoms with Gasteiger partial charge in [-0.15, -0.1) is 11.3 Å². The van der Waals surface area contributed by atoms with Crippen LogP contribution in [0.1, 0.15) is 42.4 Å². The van der Waals surface area contributed by atoms with Crippen LogP contribution in [0.5, 0.6) is 11.5 Å². The number of anilines is 1. The van der Waals surface area contributed by atoms with Crippen molar-refractivity contribution in [2.75, 3.05) is 12.0 Å². The van der Waals surface area contributed by atoms with Gasteiger partial charge in [-0.3, -0.25) is 28.8 Å². The van der Waals surface area contributed by atoms with Crippen LogP contribution in [0, 0.1) is 36.0 Å². The fourth-order valence-electron chi connectivity index (χ4n) is 9.75. The van der Waals surface area contributed by atoms with Crippen LogP contribution in [-0.4, -0.2) is 50.5 Å². The van der Waals surface area contributed by atoms with Crippen molar-refractivity contribution in [2.24, 2.45) is 36.1 Å². The maximum atomic E-state index is 15.2. The molecule has 4 heterocycles. The first-order valence-corrected chi connectivity index (χ1v) is 20.1. The van der Waals surface area contributed by atoms with Crippen molar-refractivity contribution in [1.82, 2.24) is 14.7 Å². The molecule has 10 nitrogen and oxygen atoms in total. The summed E-state index contributed by atoms with van der Waals surface area (Å²) in [5.41, 5.74) is 2.25. The largest absolute Gasteiger partial charge is 0.504 e. The molecule has 55 heavy (non-hydrogen) atoms. The van der Waals surface area contributed by atoms with Gasteiger partial charge in [0.15, 0.2) is 11.5 Å². The number of allylic oxidation sites excluding steroid dienone is 2. The summed E-state index contributed by atoms with van der Waals surface area (Å²) in [6, 6.07) is 20.3. The Morgan fingerprint density at radius 3 is 2.53 bits per heavy atom. The van der Waals surface area contributed by atoms with E-state index >= 15 is 4.79 Å². The van der Waals surface area contributed by atoms with Gasteiger partial charge < -0.3 is 9.84 Å². The van der Waals surface area contributed by atoms with E-state index in [1.165, 1.54) is 16.9 Å². The Morgan fingerprint density at radius 2 is 1.78 bits per heavy atom. The van der Waals surface area contributed by atoms with Gasteiger partial charge in [0.25, 0.3) is 0 Å². The van der Waals surface area contributed by atoms with E-state index in [-0.39, 0.29) is 36.3 Å². The van der Waals surface area contributed by atoms with Crippen molar-refractivity contribution in [2.45, 2.75) is 39.2 Å². The third-order valence-electron chi connectivity index (χ3n) is 12.4. The molecule has 6 atom stereocenters. The lowest BCUT2D eigenvalue weighted by Crippen LogP contribution is -2.49. The van der Waals surface area contributed by atoms with E-state index in [4.69, 9.17) is 21.4 Å². The van der Waals surface area contributed by atoms with E-state index in [2.05, 4.69) is 15.9 Å². The van der Waals surface area contributed by atoms with E-state index in [1.54, 1.807) is 48.2 Å². The van der Waals surface area contributed by atoms with Crippen molar-refractivity contribution in [3.05, 3.63) is 105 Å². The van der Waals surface area contributed by atoms with Crippen LogP contribution in [0.25, 0.3) is 20.7 Å². The number of hydrogen-bond acceptors (Lipinski definition) is 8. The lowest BCUT2D eigenvalue weighted by molar-refractivity contribution is -0.141. The molecule has 5 aromatic rings. The Hall–Kier alpha value is -4.78. The lowest BCUT2D eigenvalue weighted by Gasteiger charge is -2.49. The number of imide groups is 2. The smallest absolute Gasteiger partial charge is 0.242 e. The molecule has 4 amide bonds. The third-order valence-corrected chi connectivity index (χ3v) is 14.4. The monoisotopic (exact) mass is 838 g/mol. The first-order valence-electron chi connectivity index (χ1n) is 18.1. The quantitative estimate of drug-likeness (QED) is 0.135. The maximum Gasteiger partial charge on any atom is 0.242 e. The average molecular weight is 840 g/mol. The summed E-state index contributed by atoms with van der Waals surface area (Å²) in [7, 11) is 3.16. The summed E-state index contributed by atoms with van der Waals surface area (Å²) in [4.78, 5) is 61.9. The Labute approximate surface area is 334 Å². The molecule has 4 aliphatic rings. The van der Waals surface area contributed by atoms with Gasteiger partial charge in [0, 0.05) is 38.8 Å². The molecule has 1 saturated carbocycles. The first kappa shape index (κ1) is 35.9. The molecule has 0 unspecified atom stereocenters. The maximum absolute atomic E-state index is 15.2. The second-order valence-corrected chi connectivity index (χ2v) is 17.6. The number of aryl methyl sites for hydroxylation is 2. The molecule has 0 bridgehead atoms. The fraction of sp³-hybridized carbons (Fsp3) is 0.310. The summed E-state index contributed by atoms with van der Waals surface area (Å²) >= 11 is 11.5. The summed E-state index contributed by atoms with van der Waals surface area (Å²) in [6.07, 6.45) is 2.46. The van der Waals surface area contributed by atoms with Gasteiger partial charge in [-0.05, 0) is 79.5 Å². The summed E-state index contributed by atoms with van der Waals surface area (Å²) in [5.74, 6) is -4.53. The van der Waals surface area contributed by atoms with Crippen molar-refractivity contribution in [3.63, 3.8) is 0 Å². The molecule has 13 heteroatoms. The van der Waals surface area contributed by atoms with Gasteiger partial charge in [0.1, 0.15) is 11.5 Å². The number of amides is 4. The molecule has 280 valence electrons. The predicted molar refractivity (Wildman–Crippen MR) is 213 cm³/mol. The highest BCUT2D eigenvalue weighted by atomic mass is 79.9. The van der Waals surface area contributed by atoms with Gasteiger partial charge in [-0.25, -0.2) is 4.90 Å². The van der Waals surface area contributed by atoms with E-state index < -0.39 is 46.8 Å². The van der Waals surface area contributed by atoms with Crippen LogP contribution in [-0.2, 0) is 32.8 Å². The minimum absolute atomic E-state index is 0.152. The van der Waals surface area contributed by atoms with E-state index in [0.29, 0.717) is 33.0 Å². The van der Waals surface area contributed by atoms with E-state index in [0.717, 1.165) is 31.7 Å². The second-order valence-electron chi connectivity index (χ2n) is 15.2. The highest BCUT2D eigenvalue weighted by Gasteiger charge is 2.68. The number of benzene rings is 3. The van der Waals surface area contributed by atoms with Crippen LogP contribution < -0.4 is 9.64 Å². The van der Waals surface area contributed by atoms with Crippen molar-refractivity contribution >= 4 is 78.4 Å². The number of likely N-dealkylation sites (tertiary alicyclic amines) is 1. The number of nitrogens with zero attached hydrogens (tertiary/aromatic N) is 4. The molecule has 2 saturated heterocycles. The van der Waals surface area contributed by atoms with Crippen LogP contribution in [0.2, 0.25) is 5.02 Å². The molecule has 3 fully saturated rings. The third kappa shape index (κ3) is 5.20. The summed E-state index contributed by atoms with van der Waals surface area (Å²) < 4.78 is 8.77. The number of aromatic hydroxyl groups is 1. The number of halogens is 2. The molecule has 1 N–H and O–H groups in total. The number of rotatable bonds is 6. The lowest BCUT2D eigenvalue weighted by atomic mass is 9.51. The van der Waals surface area contributed by atoms with E-state index in [1.807, 2.05) is 61.5 Å². The molecule has 0 spiro atoms. The summed E-state index contributed by atoms with van der Waals surface area (Å²) in [5, 5.41) is 18.2. The van der Waals surface area contributed by atoms with Crippen molar-refractivity contribution < 1.29 is 29.0 Å². The van der Waals surface area contributed by atoms with Gasteiger partial charge in [0.05, 0.1) is 41.7 Å². The number of thiophene rings is 1. The predicted octanol–water partition coefficient (Wildman–Crippen LogP) is 8.17. The zero-order chi connectivity index (χ0) is 38.7. The minimum atomic E-state index is -1.38. The molecular weight excluding hydrogens is 804 g/mol. The number of phenolic OH excluding ortho intramolecular Hbond substituents is 1. The second kappa shape index (κ2) is 12.9. The molecule has 2 aromatic heterocycles. The Morgan fingerprint density at radius 1 is 1.02 bits per heavy atom. The number of aromatic nitrogens is 2. The van der Waals surface area contributed by atoms with Crippen LogP contribution in [0.3, 0.4) is 0 Å². The van der Waals surface area contributed by atoms with Crippen molar-refractivity contribution in [1.29, 1.82) is 0 Å². The summed E-state index contributed by atoms with van der Waals surface area (Å²) in [6.45, 7) is 3.95. The van der Waals surface area contributed by atoms with Gasteiger partial charge in [-0.1, -0.05) is 69.5 Å². The highest BCUT2D eigenvalue weighted by Crippen LogP contribution is 2.65. The number of methoxy groups -OCH3 is 1. The van der Waals surface area contributed by atoms with Crippen LogP contribution in [0.15, 0.2) is 82.9 Å². The standard InChI is InChI=1S/C42H36BrClN4O6S/c1-20-26-16-23(44)10-13-32(26)55-37(20)30-18-33(46(3)45-30)48-39(51)29-17-27-24(35(42(29,2)41(48)53)28-14-22(43)15-31(54-4)36(28)49)11-12-25-34(27)40(52)47(38(25)50)19-21-8-6-5-7-9-21/h5-11,13-16,18,25,27,29,34-35,49H,12,17,19H2,1-4H3/t25-,27+,29-,34-,35+,42+/m0/s1. The molecule has 0 radical (unpaired) electrons. The molecule has 9 rings (SSSR count). The van der Waals surface area contributed by atoms with Crippen LogP contribution >= 0.6 is 38.9 Å². The van der Waals surface area contributed by atoms with E-state index in [9.17, 15) is 19.5 Å². The zero-order valence-corrected chi connectivity index (χ0v) is 33.5.